The van der Waals surface area contributed by atoms with Gasteiger partial charge in [-0.2, -0.15) is 5.10 Å². The van der Waals surface area contributed by atoms with Crippen LogP contribution in [0.4, 0.5) is 5.69 Å². The fourth-order valence-corrected chi connectivity index (χ4v) is 4.13. The monoisotopic (exact) mass is 491 g/mol. The third-order valence-electron chi connectivity index (χ3n) is 3.92. The van der Waals surface area contributed by atoms with E-state index in [0.29, 0.717) is 31.8 Å². The highest BCUT2D eigenvalue weighted by Gasteiger charge is 2.14. The number of nitrogens with zero attached hydrogens (tertiary/aromatic N) is 2. The van der Waals surface area contributed by atoms with Crippen LogP contribution in [0.2, 0.25) is 0 Å². The Morgan fingerprint density at radius 1 is 1.30 bits per heavy atom. The van der Waals surface area contributed by atoms with Gasteiger partial charge in [0.1, 0.15) is 0 Å². The number of thiophene rings is 1. The number of nitro benzene ring substituents is 1. The van der Waals surface area contributed by atoms with Crippen LogP contribution in [0.25, 0.3) is 10.1 Å². The highest BCUT2D eigenvalue weighted by molar-refractivity contribution is 9.10. The van der Waals surface area contributed by atoms with E-state index < -0.39 is 10.8 Å². The molecule has 0 spiro atoms. The molecule has 2 aromatic carbocycles. The summed E-state index contributed by atoms with van der Waals surface area (Å²) < 4.78 is 12.6. The van der Waals surface area contributed by atoms with Crippen LogP contribution in [0.15, 0.2) is 46.0 Å². The van der Waals surface area contributed by atoms with Crippen molar-refractivity contribution in [3.8, 4) is 11.5 Å². The Hall–Kier alpha value is -2.98. The van der Waals surface area contributed by atoms with E-state index in [1.807, 2.05) is 13.8 Å². The molecule has 0 unspecified atom stereocenters. The number of carbonyl (C=O) groups excluding carboxylic acids is 1. The lowest BCUT2D eigenvalue weighted by Crippen LogP contribution is -2.16. The fraction of sp³-hybridized carbons (Fsp3) is 0.200. The minimum Gasteiger partial charge on any atom is -0.493 e. The van der Waals surface area contributed by atoms with Crippen LogP contribution in [0, 0.1) is 10.1 Å². The smallest absolute Gasteiger partial charge is 0.281 e. The highest BCUT2D eigenvalue weighted by Crippen LogP contribution is 2.37. The van der Waals surface area contributed by atoms with E-state index in [-0.39, 0.29) is 11.8 Å². The molecule has 1 amide bonds. The number of hydrogen-bond acceptors (Lipinski definition) is 7. The van der Waals surface area contributed by atoms with E-state index in [9.17, 15) is 14.9 Å². The van der Waals surface area contributed by atoms with Gasteiger partial charge in [0.15, 0.2) is 11.5 Å². The molecule has 30 heavy (non-hydrogen) atoms. The van der Waals surface area contributed by atoms with E-state index >= 15 is 0 Å². The van der Waals surface area contributed by atoms with E-state index in [2.05, 4.69) is 26.5 Å². The van der Waals surface area contributed by atoms with Gasteiger partial charge in [0.25, 0.3) is 11.6 Å². The summed E-state index contributed by atoms with van der Waals surface area (Å²) in [7, 11) is 1.55. The molecule has 0 atom stereocenters. The Balaban J connectivity index is 1.75. The molecule has 0 aliphatic heterocycles. The number of nitrogens with one attached hydrogen (secondary N) is 1. The lowest BCUT2D eigenvalue weighted by atomic mass is 10.2. The van der Waals surface area contributed by atoms with Crippen molar-refractivity contribution in [2.24, 2.45) is 5.10 Å². The summed E-state index contributed by atoms with van der Waals surface area (Å²) in [5, 5.41) is 15.5. The van der Waals surface area contributed by atoms with Crippen molar-refractivity contribution in [2.45, 2.75) is 20.0 Å². The van der Waals surface area contributed by atoms with Crippen LogP contribution in [0.1, 0.15) is 29.1 Å². The maximum absolute atomic E-state index is 12.4. The maximum Gasteiger partial charge on any atom is 0.281 e. The Morgan fingerprint density at radius 3 is 2.73 bits per heavy atom. The quantitative estimate of drug-likeness (QED) is 0.280. The topological polar surface area (TPSA) is 103 Å². The number of amides is 1. The number of nitro groups is 1. The van der Waals surface area contributed by atoms with Gasteiger partial charge in [-0.1, -0.05) is 0 Å². The minimum absolute atomic E-state index is 0.0169. The number of benzene rings is 2. The van der Waals surface area contributed by atoms with Gasteiger partial charge in [-0.15, -0.1) is 11.3 Å². The van der Waals surface area contributed by atoms with Gasteiger partial charge in [0.2, 0.25) is 0 Å². The predicted octanol–water partition coefficient (Wildman–Crippen LogP) is 5.13. The number of methoxy groups -OCH3 is 1. The van der Waals surface area contributed by atoms with Crippen molar-refractivity contribution in [2.75, 3.05) is 7.11 Å². The molecule has 1 N–H and O–H groups in total. The summed E-state index contributed by atoms with van der Waals surface area (Å²) in [5.41, 5.74) is 3.15. The number of non-ortho nitro benzene ring substituents is 1. The molecular weight excluding hydrogens is 474 g/mol. The van der Waals surface area contributed by atoms with E-state index in [1.54, 1.807) is 31.4 Å². The molecule has 0 aliphatic carbocycles. The van der Waals surface area contributed by atoms with Gasteiger partial charge in [-0.3, -0.25) is 14.9 Å². The summed E-state index contributed by atoms with van der Waals surface area (Å²) in [6.07, 6.45) is 1.47. The van der Waals surface area contributed by atoms with E-state index in [1.165, 1.54) is 29.7 Å². The van der Waals surface area contributed by atoms with E-state index in [4.69, 9.17) is 9.47 Å². The lowest BCUT2D eigenvalue weighted by Gasteiger charge is -2.15. The number of rotatable bonds is 7. The van der Waals surface area contributed by atoms with Gasteiger partial charge in [-0.25, -0.2) is 5.43 Å². The summed E-state index contributed by atoms with van der Waals surface area (Å²) in [4.78, 5) is 23.2. The zero-order chi connectivity index (χ0) is 21.8. The third-order valence-corrected chi connectivity index (χ3v) is 5.62. The Labute approximate surface area is 184 Å². The van der Waals surface area contributed by atoms with Crippen molar-refractivity contribution in [3.63, 3.8) is 0 Å². The molecule has 0 saturated carbocycles. The molecule has 8 nitrogen and oxygen atoms in total. The average molecular weight is 492 g/mol. The molecule has 1 heterocycles. The van der Waals surface area contributed by atoms with Crippen molar-refractivity contribution < 1.29 is 19.2 Å². The molecular formula is C20H18BrN3O5S. The second-order valence-electron chi connectivity index (χ2n) is 6.49. The predicted molar refractivity (Wildman–Crippen MR) is 120 cm³/mol. The first-order chi connectivity index (χ1) is 14.3. The fourth-order valence-electron chi connectivity index (χ4n) is 2.64. The van der Waals surface area contributed by atoms with Crippen LogP contribution in [-0.4, -0.2) is 30.3 Å². The SMILES string of the molecule is COc1cc(/C=N\NC(=O)c2cc3cc([N+](=O)[O-])ccc3s2)cc(Br)c1OC(C)C. The van der Waals surface area contributed by atoms with Crippen LogP contribution < -0.4 is 14.9 Å². The zero-order valence-electron chi connectivity index (χ0n) is 16.3. The third kappa shape index (κ3) is 4.95. The molecule has 0 radical (unpaired) electrons. The van der Waals surface area contributed by atoms with Crippen molar-refractivity contribution in [1.29, 1.82) is 0 Å². The van der Waals surface area contributed by atoms with Crippen LogP contribution in [-0.2, 0) is 0 Å². The molecule has 0 saturated heterocycles. The molecule has 3 aromatic rings. The van der Waals surface area contributed by atoms with Crippen LogP contribution in [0.5, 0.6) is 11.5 Å². The minimum atomic E-state index is -0.467. The number of ether oxygens (including phenoxy) is 2. The first-order valence-electron chi connectivity index (χ1n) is 8.84. The molecule has 10 heteroatoms. The molecule has 3 rings (SSSR count). The van der Waals surface area contributed by atoms with Crippen LogP contribution in [0.3, 0.4) is 0 Å². The van der Waals surface area contributed by atoms with Gasteiger partial charge in [-0.05, 0) is 59.6 Å². The zero-order valence-corrected chi connectivity index (χ0v) is 18.7. The Bertz CT molecular complexity index is 1140. The van der Waals surface area contributed by atoms with Crippen LogP contribution >= 0.6 is 27.3 Å². The normalized spacial score (nSPS) is 11.2. The number of fused-ring (bicyclic) bond motifs is 1. The average Bonchev–Trinajstić information content (AvgIpc) is 3.12. The summed E-state index contributed by atoms with van der Waals surface area (Å²) in [6, 6.07) is 9.64. The van der Waals surface area contributed by atoms with Crippen molar-refractivity contribution in [1.82, 2.24) is 5.43 Å². The summed E-state index contributed by atoms with van der Waals surface area (Å²) in [5.74, 6) is 0.728. The second kappa shape index (κ2) is 9.23. The Kier molecular flexibility index (Phi) is 6.68. The molecule has 0 bridgehead atoms. The molecule has 1 aromatic heterocycles. The van der Waals surface area contributed by atoms with Crippen molar-refractivity contribution in [3.05, 3.63) is 61.4 Å². The highest BCUT2D eigenvalue weighted by atomic mass is 79.9. The molecule has 0 aliphatic rings. The van der Waals surface area contributed by atoms with Gasteiger partial charge < -0.3 is 9.47 Å². The Morgan fingerprint density at radius 2 is 2.07 bits per heavy atom. The number of hydrazone groups is 1. The second-order valence-corrected chi connectivity index (χ2v) is 8.43. The van der Waals surface area contributed by atoms with Gasteiger partial charge in [0, 0.05) is 22.2 Å². The van der Waals surface area contributed by atoms with Crippen molar-refractivity contribution >= 4 is 55.2 Å². The van der Waals surface area contributed by atoms with E-state index in [0.717, 1.165) is 4.70 Å². The summed E-state index contributed by atoms with van der Waals surface area (Å²) >= 11 is 4.70. The maximum atomic E-state index is 12.4. The first-order valence-corrected chi connectivity index (χ1v) is 10.4. The number of hydrogen-bond donors (Lipinski definition) is 1. The van der Waals surface area contributed by atoms with Gasteiger partial charge in [0.05, 0.1) is 33.7 Å². The number of halogens is 1. The van der Waals surface area contributed by atoms with Gasteiger partial charge >= 0.3 is 0 Å². The largest absolute Gasteiger partial charge is 0.493 e. The standard InChI is InChI=1S/C20H18BrN3O5S/c1-11(2)29-19-15(21)6-12(7-16(19)28-3)10-22-23-20(25)18-9-13-8-14(24(26)27)4-5-17(13)30-18/h4-11H,1-3H3,(H,23,25)/b22-10-. The first kappa shape index (κ1) is 21.7. The lowest BCUT2D eigenvalue weighted by molar-refractivity contribution is -0.384. The molecule has 0 fully saturated rings. The molecule has 156 valence electrons. The number of carbonyl (C=O) groups is 1. The summed E-state index contributed by atoms with van der Waals surface area (Å²) in [6.45, 7) is 3.84.